The van der Waals surface area contributed by atoms with Gasteiger partial charge in [0.05, 0.1) is 11.4 Å². The fourth-order valence-corrected chi connectivity index (χ4v) is 4.85. The number of nitrogens with zero attached hydrogens (tertiary/aromatic N) is 4. The van der Waals surface area contributed by atoms with Crippen LogP contribution in [0.1, 0.15) is 43.2 Å². The standard InChI is InChI=1S/C22H27N5O2S/c1-23-30(28,29)20-13-12-19(14-17-8-4-2-5-9-17)21(15-20)22-24-26-27(25-22)16-18-10-6-3-7-11-18/h3,6-7,10-13,15,17,23H,2,4-5,8-9,14,16H2,1H3. The van der Waals surface area contributed by atoms with Crippen LogP contribution < -0.4 is 4.72 Å². The molecule has 1 saturated carbocycles. The molecule has 1 N–H and O–H groups in total. The first-order valence-electron chi connectivity index (χ1n) is 10.4. The van der Waals surface area contributed by atoms with Crippen molar-refractivity contribution >= 4 is 10.0 Å². The molecule has 8 heteroatoms. The van der Waals surface area contributed by atoms with Crippen molar-refractivity contribution < 1.29 is 8.42 Å². The van der Waals surface area contributed by atoms with Gasteiger partial charge in [-0.2, -0.15) is 4.80 Å². The number of aromatic nitrogens is 4. The smallest absolute Gasteiger partial charge is 0.214 e. The molecule has 1 fully saturated rings. The summed E-state index contributed by atoms with van der Waals surface area (Å²) in [6, 6.07) is 15.2. The minimum atomic E-state index is -3.55. The maximum Gasteiger partial charge on any atom is 0.240 e. The number of sulfonamides is 1. The molecule has 0 saturated heterocycles. The molecule has 0 radical (unpaired) electrons. The predicted octanol–water partition coefficient (Wildman–Crippen LogP) is 3.42. The highest BCUT2D eigenvalue weighted by Gasteiger charge is 2.21. The van der Waals surface area contributed by atoms with Crippen molar-refractivity contribution in [3.8, 4) is 11.4 Å². The summed E-state index contributed by atoms with van der Waals surface area (Å²) in [6.45, 7) is 0.514. The van der Waals surface area contributed by atoms with Crippen LogP contribution in [0.5, 0.6) is 0 Å². The highest BCUT2D eigenvalue weighted by atomic mass is 32.2. The molecule has 2 aromatic carbocycles. The highest BCUT2D eigenvalue weighted by molar-refractivity contribution is 7.89. The van der Waals surface area contributed by atoms with Gasteiger partial charge in [0.25, 0.3) is 0 Å². The predicted molar refractivity (Wildman–Crippen MR) is 115 cm³/mol. The van der Waals surface area contributed by atoms with Crippen molar-refractivity contribution in [2.75, 3.05) is 7.05 Å². The third kappa shape index (κ3) is 4.76. The lowest BCUT2D eigenvalue weighted by Crippen LogP contribution is -2.19. The first-order chi connectivity index (χ1) is 14.5. The average Bonchev–Trinajstić information content (AvgIpc) is 3.23. The van der Waals surface area contributed by atoms with Gasteiger partial charge in [-0.3, -0.25) is 0 Å². The first kappa shape index (κ1) is 20.7. The van der Waals surface area contributed by atoms with Gasteiger partial charge in [-0.05, 0) is 47.9 Å². The summed E-state index contributed by atoms with van der Waals surface area (Å²) in [5.41, 5.74) is 2.91. The quantitative estimate of drug-likeness (QED) is 0.626. The topological polar surface area (TPSA) is 89.8 Å². The summed E-state index contributed by atoms with van der Waals surface area (Å²) in [6.07, 6.45) is 7.16. The van der Waals surface area contributed by atoms with E-state index in [-0.39, 0.29) is 4.90 Å². The molecular weight excluding hydrogens is 398 g/mol. The van der Waals surface area contributed by atoms with E-state index in [0.717, 1.165) is 23.1 Å². The van der Waals surface area contributed by atoms with E-state index in [2.05, 4.69) is 20.1 Å². The van der Waals surface area contributed by atoms with Crippen LogP contribution in [0.3, 0.4) is 0 Å². The second-order valence-electron chi connectivity index (χ2n) is 7.86. The third-order valence-electron chi connectivity index (χ3n) is 5.75. The van der Waals surface area contributed by atoms with Crippen LogP contribution >= 0.6 is 0 Å². The maximum atomic E-state index is 12.4. The number of nitrogens with one attached hydrogen (secondary N) is 1. The molecule has 1 aromatic heterocycles. The largest absolute Gasteiger partial charge is 0.240 e. The van der Waals surface area contributed by atoms with E-state index >= 15 is 0 Å². The highest BCUT2D eigenvalue weighted by Crippen LogP contribution is 2.31. The number of rotatable bonds is 7. The summed E-state index contributed by atoms with van der Waals surface area (Å²) in [7, 11) is -2.14. The Morgan fingerprint density at radius 3 is 2.57 bits per heavy atom. The van der Waals surface area contributed by atoms with Gasteiger partial charge in [-0.25, -0.2) is 13.1 Å². The van der Waals surface area contributed by atoms with Crippen LogP contribution in [0, 0.1) is 5.92 Å². The second kappa shape index (κ2) is 9.06. The van der Waals surface area contributed by atoms with E-state index in [1.54, 1.807) is 16.9 Å². The summed E-state index contributed by atoms with van der Waals surface area (Å²) < 4.78 is 27.1. The fraction of sp³-hybridized carbons (Fsp3) is 0.409. The van der Waals surface area contributed by atoms with E-state index in [1.807, 2.05) is 36.4 Å². The summed E-state index contributed by atoms with van der Waals surface area (Å²) >= 11 is 0. The van der Waals surface area contributed by atoms with Crippen molar-refractivity contribution in [1.29, 1.82) is 0 Å². The van der Waals surface area contributed by atoms with Gasteiger partial charge in [-0.1, -0.05) is 68.5 Å². The molecule has 0 atom stereocenters. The molecule has 0 amide bonds. The van der Waals surface area contributed by atoms with Gasteiger partial charge in [0.15, 0.2) is 0 Å². The Hall–Kier alpha value is -2.58. The van der Waals surface area contributed by atoms with Gasteiger partial charge >= 0.3 is 0 Å². The Morgan fingerprint density at radius 2 is 1.83 bits per heavy atom. The minimum Gasteiger partial charge on any atom is -0.214 e. The Labute approximate surface area is 177 Å². The number of hydrogen-bond acceptors (Lipinski definition) is 5. The zero-order valence-corrected chi connectivity index (χ0v) is 18.0. The summed E-state index contributed by atoms with van der Waals surface area (Å²) in [5.74, 6) is 1.08. The molecule has 30 heavy (non-hydrogen) atoms. The summed E-state index contributed by atoms with van der Waals surface area (Å²) in [4.78, 5) is 1.76. The average molecular weight is 426 g/mol. The van der Waals surface area contributed by atoms with Crippen molar-refractivity contribution in [3.63, 3.8) is 0 Å². The Balaban J connectivity index is 1.67. The van der Waals surface area contributed by atoms with Gasteiger partial charge in [-0.15, -0.1) is 10.2 Å². The van der Waals surface area contributed by atoms with E-state index in [9.17, 15) is 8.42 Å². The Morgan fingerprint density at radius 1 is 1.07 bits per heavy atom. The first-order valence-corrected chi connectivity index (χ1v) is 11.9. The molecule has 158 valence electrons. The van der Waals surface area contributed by atoms with Crippen molar-refractivity contribution in [2.24, 2.45) is 5.92 Å². The second-order valence-corrected chi connectivity index (χ2v) is 9.75. The van der Waals surface area contributed by atoms with E-state index in [4.69, 9.17) is 0 Å². The molecule has 0 bridgehead atoms. The van der Waals surface area contributed by atoms with Crippen LogP contribution in [0.25, 0.3) is 11.4 Å². The lowest BCUT2D eigenvalue weighted by molar-refractivity contribution is 0.357. The van der Waals surface area contributed by atoms with Gasteiger partial charge in [0.1, 0.15) is 0 Å². The Bertz CT molecular complexity index is 1090. The van der Waals surface area contributed by atoms with Crippen LogP contribution in [0.15, 0.2) is 53.4 Å². The van der Waals surface area contributed by atoms with E-state index < -0.39 is 10.0 Å². The molecule has 7 nitrogen and oxygen atoms in total. The van der Waals surface area contributed by atoms with E-state index in [1.165, 1.54) is 39.2 Å². The van der Waals surface area contributed by atoms with E-state index in [0.29, 0.717) is 18.3 Å². The molecule has 1 aliphatic carbocycles. The maximum absolute atomic E-state index is 12.4. The zero-order chi connectivity index (χ0) is 21.0. The molecular formula is C22H27N5O2S. The van der Waals surface area contributed by atoms with Crippen LogP contribution in [-0.2, 0) is 23.0 Å². The SMILES string of the molecule is CNS(=O)(=O)c1ccc(CC2CCCCC2)c(-c2nnn(Cc3ccccc3)n2)c1. The molecule has 4 rings (SSSR count). The van der Waals surface area contributed by atoms with Crippen LogP contribution in [0.2, 0.25) is 0 Å². The van der Waals surface area contributed by atoms with Crippen molar-refractivity contribution in [3.05, 3.63) is 59.7 Å². The summed E-state index contributed by atoms with van der Waals surface area (Å²) in [5, 5.41) is 13.0. The fourth-order valence-electron chi connectivity index (χ4n) is 4.09. The van der Waals surface area contributed by atoms with Gasteiger partial charge in [0, 0.05) is 5.56 Å². The molecule has 3 aromatic rings. The molecule has 1 aliphatic rings. The number of benzene rings is 2. The van der Waals surface area contributed by atoms with Crippen LogP contribution in [-0.4, -0.2) is 35.7 Å². The molecule has 0 unspecified atom stereocenters. The molecule has 0 aliphatic heterocycles. The third-order valence-corrected chi connectivity index (χ3v) is 7.17. The van der Waals surface area contributed by atoms with Crippen molar-refractivity contribution in [1.82, 2.24) is 24.9 Å². The molecule has 0 spiro atoms. The normalized spacial score (nSPS) is 15.4. The zero-order valence-electron chi connectivity index (χ0n) is 17.2. The lowest BCUT2D eigenvalue weighted by atomic mass is 9.84. The van der Waals surface area contributed by atoms with Gasteiger partial charge < -0.3 is 0 Å². The molecule has 1 heterocycles. The number of tetrazole rings is 1. The minimum absolute atomic E-state index is 0.215. The van der Waals surface area contributed by atoms with Gasteiger partial charge in [0.2, 0.25) is 15.8 Å². The Kier molecular flexibility index (Phi) is 6.24. The van der Waals surface area contributed by atoms with Crippen molar-refractivity contribution in [2.45, 2.75) is 50.0 Å². The van der Waals surface area contributed by atoms with Crippen LogP contribution in [0.4, 0.5) is 0 Å². The lowest BCUT2D eigenvalue weighted by Gasteiger charge is -2.22. The monoisotopic (exact) mass is 425 g/mol. The number of hydrogen-bond donors (Lipinski definition) is 1.